The molecule has 2 heterocycles. The molecule has 0 aliphatic heterocycles. The van der Waals surface area contributed by atoms with Gasteiger partial charge in [0.15, 0.2) is 4.34 Å². The molecule has 3 aromatic rings. The van der Waals surface area contributed by atoms with Gasteiger partial charge >= 0.3 is 0 Å². The number of benzene rings is 1. The number of nitrogens with zero attached hydrogens (tertiary/aromatic N) is 4. The highest BCUT2D eigenvalue weighted by atomic mass is 32.2. The molecule has 4 nitrogen and oxygen atoms in total. The van der Waals surface area contributed by atoms with Gasteiger partial charge < -0.3 is 4.57 Å². The molecule has 0 aliphatic rings. The van der Waals surface area contributed by atoms with E-state index in [1.54, 1.807) is 28.6 Å². The molecule has 96 valence electrons. The zero-order valence-corrected chi connectivity index (χ0v) is 11.8. The van der Waals surface area contributed by atoms with Crippen LogP contribution in [0.2, 0.25) is 0 Å². The maximum Gasteiger partial charge on any atom is 0.174 e. The second-order valence-corrected chi connectivity index (χ2v) is 6.01. The van der Waals surface area contributed by atoms with Crippen LogP contribution in [0.5, 0.6) is 0 Å². The van der Waals surface area contributed by atoms with E-state index < -0.39 is 0 Å². The SMILES string of the molecule is c1ccc(Cn2ccnc2CSc2nncs2)cc1. The lowest BCUT2D eigenvalue weighted by molar-refractivity contribution is 0.756. The fourth-order valence-corrected chi connectivity index (χ4v) is 3.21. The van der Waals surface area contributed by atoms with Gasteiger partial charge in [-0.2, -0.15) is 0 Å². The molecule has 2 aromatic heterocycles. The number of hydrogen-bond donors (Lipinski definition) is 0. The predicted octanol–water partition coefficient (Wildman–Crippen LogP) is 3.08. The third kappa shape index (κ3) is 3.21. The topological polar surface area (TPSA) is 43.6 Å². The van der Waals surface area contributed by atoms with Crippen LogP contribution in [0, 0.1) is 0 Å². The Labute approximate surface area is 119 Å². The van der Waals surface area contributed by atoms with Crippen molar-refractivity contribution in [3.05, 3.63) is 59.6 Å². The normalized spacial score (nSPS) is 10.7. The standard InChI is InChI=1S/C13H12N4S2/c1-2-4-11(5-3-1)8-17-7-6-14-12(17)9-18-13-16-15-10-19-13/h1-7,10H,8-9H2. The Morgan fingerprint density at radius 2 is 2.11 bits per heavy atom. The van der Waals surface area contributed by atoms with Gasteiger partial charge in [-0.25, -0.2) is 4.98 Å². The van der Waals surface area contributed by atoms with Crippen LogP contribution in [0.4, 0.5) is 0 Å². The van der Waals surface area contributed by atoms with Crippen molar-refractivity contribution in [2.75, 3.05) is 0 Å². The van der Waals surface area contributed by atoms with Gasteiger partial charge in [-0.3, -0.25) is 0 Å². The minimum atomic E-state index is 0.815. The number of thioether (sulfide) groups is 1. The molecule has 0 unspecified atom stereocenters. The van der Waals surface area contributed by atoms with Crippen LogP contribution in [-0.2, 0) is 12.3 Å². The van der Waals surface area contributed by atoms with Crippen molar-refractivity contribution >= 4 is 23.1 Å². The van der Waals surface area contributed by atoms with E-state index in [2.05, 4.69) is 44.0 Å². The van der Waals surface area contributed by atoms with Crippen molar-refractivity contribution in [1.82, 2.24) is 19.7 Å². The van der Waals surface area contributed by atoms with E-state index in [9.17, 15) is 0 Å². The number of rotatable bonds is 5. The Bertz CT molecular complexity index is 619. The number of aromatic nitrogens is 4. The maximum atomic E-state index is 4.41. The van der Waals surface area contributed by atoms with Gasteiger partial charge in [0, 0.05) is 18.9 Å². The fourth-order valence-electron chi connectivity index (χ4n) is 1.76. The van der Waals surface area contributed by atoms with Crippen LogP contribution in [0.1, 0.15) is 11.4 Å². The Morgan fingerprint density at radius 1 is 1.21 bits per heavy atom. The zero-order valence-electron chi connectivity index (χ0n) is 10.1. The van der Waals surface area contributed by atoms with Crippen LogP contribution in [0.25, 0.3) is 0 Å². The van der Waals surface area contributed by atoms with Gasteiger partial charge in [0.25, 0.3) is 0 Å². The zero-order chi connectivity index (χ0) is 12.9. The average molecular weight is 288 g/mol. The Hall–Kier alpha value is -1.66. The van der Waals surface area contributed by atoms with Crippen molar-refractivity contribution in [1.29, 1.82) is 0 Å². The van der Waals surface area contributed by atoms with Gasteiger partial charge in [-0.1, -0.05) is 53.4 Å². The molecule has 0 spiro atoms. The molecule has 0 radical (unpaired) electrons. The minimum Gasteiger partial charge on any atom is -0.330 e. The van der Waals surface area contributed by atoms with Crippen LogP contribution in [0.3, 0.4) is 0 Å². The molecule has 0 atom stereocenters. The summed E-state index contributed by atoms with van der Waals surface area (Å²) >= 11 is 3.23. The lowest BCUT2D eigenvalue weighted by atomic mass is 10.2. The van der Waals surface area contributed by atoms with Gasteiger partial charge in [-0.15, -0.1) is 10.2 Å². The van der Waals surface area contributed by atoms with E-state index in [1.807, 2.05) is 18.5 Å². The quantitative estimate of drug-likeness (QED) is 0.677. The highest BCUT2D eigenvalue weighted by Gasteiger charge is 2.06. The summed E-state index contributed by atoms with van der Waals surface area (Å²) in [5.74, 6) is 1.87. The molecular formula is C13H12N4S2. The van der Waals surface area contributed by atoms with Crippen LogP contribution >= 0.6 is 23.1 Å². The van der Waals surface area contributed by atoms with Gasteiger partial charge in [0.1, 0.15) is 11.3 Å². The molecular weight excluding hydrogens is 276 g/mol. The summed E-state index contributed by atoms with van der Waals surface area (Å²) in [5.41, 5.74) is 3.03. The summed E-state index contributed by atoms with van der Waals surface area (Å²) in [6.07, 6.45) is 3.86. The van der Waals surface area contributed by atoms with Crippen LogP contribution in [0.15, 0.2) is 52.6 Å². The minimum absolute atomic E-state index is 0.815. The van der Waals surface area contributed by atoms with Gasteiger partial charge in [0.2, 0.25) is 0 Å². The largest absolute Gasteiger partial charge is 0.330 e. The second kappa shape index (κ2) is 5.99. The number of hydrogen-bond acceptors (Lipinski definition) is 5. The molecule has 0 aliphatic carbocycles. The highest BCUT2D eigenvalue weighted by molar-refractivity contribution is 8.00. The molecule has 0 amide bonds. The first-order valence-corrected chi connectivity index (χ1v) is 7.71. The molecule has 0 saturated carbocycles. The van der Waals surface area contributed by atoms with E-state index >= 15 is 0 Å². The second-order valence-electron chi connectivity index (χ2n) is 3.95. The average Bonchev–Trinajstić information content (AvgIpc) is 3.09. The first-order chi connectivity index (χ1) is 9.42. The van der Waals surface area contributed by atoms with Crippen molar-refractivity contribution < 1.29 is 0 Å². The highest BCUT2D eigenvalue weighted by Crippen LogP contribution is 2.23. The van der Waals surface area contributed by atoms with E-state index in [0.29, 0.717) is 0 Å². The van der Waals surface area contributed by atoms with Crippen molar-refractivity contribution in [3.8, 4) is 0 Å². The molecule has 1 aromatic carbocycles. The van der Waals surface area contributed by atoms with Gasteiger partial charge in [-0.05, 0) is 5.56 Å². The molecule has 0 saturated heterocycles. The van der Waals surface area contributed by atoms with Crippen molar-refractivity contribution in [2.24, 2.45) is 0 Å². The lowest BCUT2D eigenvalue weighted by Gasteiger charge is -2.07. The smallest absolute Gasteiger partial charge is 0.174 e. The number of imidazole rings is 1. The Morgan fingerprint density at radius 3 is 2.89 bits per heavy atom. The molecule has 19 heavy (non-hydrogen) atoms. The Balaban J connectivity index is 1.68. The predicted molar refractivity (Wildman–Crippen MR) is 77.2 cm³/mol. The van der Waals surface area contributed by atoms with Crippen molar-refractivity contribution in [2.45, 2.75) is 16.6 Å². The summed E-state index contributed by atoms with van der Waals surface area (Å²) in [7, 11) is 0. The van der Waals surface area contributed by atoms with Crippen LogP contribution < -0.4 is 0 Å². The van der Waals surface area contributed by atoms with E-state index in [-0.39, 0.29) is 0 Å². The van der Waals surface area contributed by atoms with E-state index in [1.165, 1.54) is 5.56 Å². The molecule has 3 rings (SSSR count). The molecule has 0 N–H and O–H groups in total. The lowest BCUT2D eigenvalue weighted by Crippen LogP contribution is -2.03. The summed E-state index contributed by atoms with van der Waals surface area (Å²) in [5, 5.41) is 7.86. The third-order valence-electron chi connectivity index (χ3n) is 2.66. The first kappa shape index (κ1) is 12.4. The summed E-state index contributed by atoms with van der Waals surface area (Å²) in [6, 6.07) is 10.4. The monoisotopic (exact) mass is 288 g/mol. The summed E-state index contributed by atoms with van der Waals surface area (Å²) in [4.78, 5) is 4.41. The van der Waals surface area contributed by atoms with Crippen molar-refractivity contribution in [3.63, 3.8) is 0 Å². The third-order valence-corrected chi connectivity index (χ3v) is 4.52. The molecule has 0 fully saturated rings. The fraction of sp³-hybridized carbons (Fsp3) is 0.154. The van der Waals surface area contributed by atoms with E-state index in [4.69, 9.17) is 0 Å². The summed E-state index contributed by atoms with van der Waals surface area (Å²) in [6.45, 7) is 0.854. The maximum absolute atomic E-state index is 4.41. The molecule has 0 bridgehead atoms. The molecule has 6 heteroatoms. The van der Waals surface area contributed by atoms with Gasteiger partial charge in [0.05, 0.1) is 5.75 Å². The summed E-state index contributed by atoms with van der Waals surface area (Å²) < 4.78 is 3.15. The Kier molecular flexibility index (Phi) is 3.90. The van der Waals surface area contributed by atoms with Crippen LogP contribution in [-0.4, -0.2) is 19.7 Å². The first-order valence-electron chi connectivity index (χ1n) is 5.85. The van der Waals surface area contributed by atoms with E-state index in [0.717, 1.165) is 22.5 Å².